The highest BCUT2D eigenvalue weighted by Gasteiger charge is 2.39. The van der Waals surface area contributed by atoms with Gasteiger partial charge in [0.2, 0.25) is 0 Å². The average Bonchev–Trinajstić information content (AvgIpc) is 1.99. The van der Waals surface area contributed by atoms with Crippen molar-refractivity contribution in [2.45, 2.75) is 41.5 Å². The Morgan fingerprint density at radius 2 is 1.73 bits per heavy atom. The summed E-state index contributed by atoms with van der Waals surface area (Å²) in [5.41, 5.74) is 0.664. The molecule has 1 rings (SSSR count). The number of hydrogen-bond acceptors (Lipinski definition) is 2. The normalized spacial score (nSPS) is 23.5. The summed E-state index contributed by atoms with van der Waals surface area (Å²) < 4.78 is 5.44. The Bertz CT molecular complexity index is 287. The number of carbonyl (C=O) groups is 1. The van der Waals surface area contributed by atoms with Gasteiger partial charge in [-0.3, -0.25) is 4.79 Å². The maximum atomic E-state index is 12.3. The third-order valence-electron chi connectivity index (χ3n) is 2.90. The van der Waals surface area contributed by atoms with E-state index in [-0.39, 0.29) is 22.5 Å². The fourth-order valence-electron chi connectivity index (χ4n) is 1.74. The van der Waals surface area contributed by atoms with Crippen LogP contribution in [0.25, 0.3) is 0 Å². The molecule has 1 unspecified atom stereocenters. The first-order valence-electron chi connectivity index (χ1n) is 5.50. The minimum absolute atomic E-state index is 0.0169. The van der Waals surface area contributed by atoms with Gasteiger partial charge in [0.25, 0.3) is 0 Å². The summed E-state index contributed by atoms with van der Waals surface area (Å²) in [4.78, 5) is 12.3. The van der Waals surface area contributed by atoms with Crippen molar-refractivity contribution in [2.75, 3.05) is 6.61 Å². The number of hydrogen-bond donors (Lipinski definition) is 0. The zero-order chi connectivity index (χ0) is 11.9. The van der Waals surface area contributed by atoms with Crippen LogP contribution in [0.2, 0.25) is 0 Å². The Morgan fingerprint density at radius 1 is 1.20 bits per heavy atom. The van der Waals surface area contributed by atoms with Crippen molar-refractivity contribution in [3.63, 3.8) is 0 Å². The van der Waals surface area contributed by atoms with Crippen LogP contribution in [-0.4, -0.2) is 12.4 Å². The number of carbonyl (C=O) groups excluding carboxylic acids is 1. The molecule has 0 spiro atoms. The lowest BCUT2D eigenvalue weighted by Gasteiger charge is -2.35. The molecule has 0 bridgehead atoms. The zero-order valence-corrected chi connectivity index (χ0v) is 10.7. The highest BCUT2D eigenvalue weighted by Crippen LogP contribution is 2.37. The van der Waals surface area contributed by atoms with Gasteiger partial charge in [-0.25, -0.2) is 0 Å². The second-order valence-corrected chi connectivity index (χ2v) is 6.40. The van der Waals surface area contributed by atoms with Crippen molar-refractivity contribution in [2.24, 2.45) is 16.7 Å². The quantitative estimate of drug-likeness (QED) is 0.614. The molecule has 0 N–H and O–H groups in total. The van der Waals surface area contributed by atoms with Crippen molar-refractivity contribution < 1.29 is 9.53 Å². The summed E-state index contributed by atoms with van der Waals surface area (Å²) >= 11 is 0. The van der Waals surface area contributed by atoms with Crippen LogP contribution in [0.1, 0.15) is 41.5 Å². The monoisotopic (exact) mass is 210 g/mol. The van der Waals surface area contributed by atoms with Gasteiger partial charge in [-0.2, -0.15) is 0 Å². The molecule has 0 saturated carbocycles. The molecule has 0 saturated heterocycles. The van der Waals surface area contributed by atoms with Gasteiger partial charge in [0, 0.05) is 5.57 Å². The van der Waals surface area contributed by atoms with E-state index in [1.165, 1.54) is 0 Å². The maximum absolute atomic E-state index is 12.3. The summed E-state index contributed by atoms with van der Waals surface area (Å²) in [6.07, 6.45) is 1.64. The van der Waals surface area contributed by atoms with E-state index < -0.39 is 0 Å². The third-order valence-corrected chi connectivity index (χ3v) is 2.90. The molecule has 1 aliphatic heterocycles. The van der Waals surface area contributed by atoms with Crippen LogP contribution in [0.4, 0.5) is 0 Å². The van der Waals surface area contributed by atoms with Crippen LogP contribution in [0.15, 0.2) is 11.8 Å². The number of allylic oxidation sites excluding steroid dienone is 1. The summed E-state index contributed by atoms with van der Waals surface area (Å²) in [5.74, 6) is 0.234. The van der Waals surface area contributed by atoms with Gasteiger partial charge < -0.3 is 4.74 Å². The molecular formula is C13H22O2. The second kappa shape index (κ2) is 3.66. The minimum atomic E-state index is -0.124. The molecule has 2 heteroatoms. The molecule has 1 atom stereocenters. The molecule has 0 aliphatic carbocycles. The lowest BCUT2D eigenvalue weighted by atomic mass is 9.71. The van der Waals surface area contributed by atoms with E-state index in [2.05, 4.69) is 20.8 Å². The predicted octanol–water partition coefficient (Wildman–Crippen LogP) is 3.18. The van der Waals surface area contributed by atoms with Crippen LogP contribution in [0.3, 0.4) is 0 Å². The first-order chi connectivity index (χ1) is 6.64. The summed E-state index contributed by atoms with van der Waals surface area (Å²) in [7, 11) is 0. The van der Waals surface area contributed by atoms with E-state index in [0.29, 0.717) is 6.61 Å². The lowest BCUT2D eigenvalue weighted by molar-refractivity contribution is -0.127. The van der Waals surface area contributed by atoms with E-state index in [0.717, 1.165) is 5.57 Å². The molecule has 1 aliphatic rings. The predicted molar refractivity (Wildman–Crippen MR) is 61.4 cm³/mol. The minimum Gasteiger partial charge on any atom is -0.500 e. The van der Waals surface area contributed by atoms with Crippen LogP contribution in [0.5, 0.6) is 0 Å². The fraction of sp³-hybridized carbons (Fsp3) is 0.769. The molecule has 0 amide bonds. The molecule has 1 heterocycles. The summed E-state index contributed by atoms with van der Waals surface area (Å²) in [5, 5.41) is 0. The van der Waals surface area contributed by atoms with Gasteiger partial charge in [-0.15, -0.1) is 0 Å². The maximum Gasteiger partial charge on any atom is 0.169 e. The molecule has 0 aromatic carbocycles. The SMILES string of the molecule is CC(C)(C)C1=COCC(C(C)(C)C)C1=O. The van der Waals surface area contributed by atoms with E-state index in [1.807, 2.05) is 20.8 Å². The van der Waals surface area contributed by atoms with Gasteiger partial charge in [0.15, 0.2) is 5.78 Å². The lowest BCUT2D eigenvalue weighted by Crippen LogP contribution is -2.38. The first kappa shape index (κ1) is 12.3. The van der Waals surface area contributed by atoms with Crippen molar-refractivity contribution >= 4 is 5.78 Å². The summed E-state index contributed by atoms with van der Waals surface area (Å²) in [6.45, 7) is 12.9. The first-order valence-corrected chi connectivity index (χ1v) is 5.50. The van der Waals surface area contributed by atoms with Crippen LogP contribution in [-0.2, 0) is 9.53 Å². The zero-order valence-electron chi connectivity index (χ0n) is 10.7. The Morgan fingerprint density at radius 3 is 2.13 bits per heavy atom. The number of Topliss-reactive ketones (excluding diaryl/α,β-unsaturated/α-hetero) is 1. The molecule has 0 aromatic heterocycles. The highest BCUT2D eigenvalue weighted by molar-refractivity contribution is 5.99. The highest BCUT2D eigenvalue weighted by atomic mass is 16.5. The van der Waals surface area contributed by atoms with Crippen LogP contribution >= 0.6 is 0 Å². The average molecular weight is 210 g/mol. The topological polar surface area (TPSA) is 26.3 Å². The largest absolute Gasteiger partial charge is 0.500 e. The number of rotatable bonds is 0. The molecule has 0 radical (unpaired) electrons. The van der Waals surface area contributed by atoms with Crippen molar-refractivity contribution in [1.82, 2.24) is 0 Å². The van der Waals surface area contributed by atoms with Crippen molar-refractivity contribution in [1.29, 1.82) is 0 Å². The fourth-order valence-corrected chi connectivity index (χ4v) is 1.74. The van der Waals surface area contributed by atoms with Crippen LogP contribution < -0.4 is 0 Å². The van der Waals surface area contributed by atoms with Crippen molar-refractivity contribution in [3.05, 3.63) is 11.8 Å². The molecule has 86 valence electrons. The molecule has 15 heavy (non-hydrogen) atoms. The third kappa shape index (κ3) is 2.61. The van der Waals surface area contributed by atoms with Gasteiger partial charge >= 0.3 is 0 Å². The second-order valence-electron chi connectivity index (χ2n) is 6.40. The molecular weight excluding hydrogens is 188 g/mol. The molecule has 0 aromatic rings. The van der Waals surface area contributed by atoms with Crippen molar-refractivity contribution in [3.8, 4) is 0 Å². The van der Waals surface area contributed by atoms with Gasteiger partial charge in [-0.1, -0.05) is 41.5 Å². The number of ether oxygens (including phenoxy) is 1. The molecule has 2 nitrogen and oxygen atoms in total. The Labute approximate surface area is 92.7 Å². The standard InChI is InChI=1S/C13H22O2/c1-12(2,3)9-7-15-8-10(11(9)14)13(4,5)6/h7,10H,8H2,1-6H3. The smallest absolute Gasteiger partial charge is 0.169 e. The Kier molecular flexibility index (Phi) is 2.99. The van der Waals surface area contributed by atoms with E-state index in [4.69, 9.17) is 4.74 Å². The molecule has 0 fully saturated rings. The van der Waals surface area contributed by atoms with Gasteiger partial charge in [-0.05, 0) is 10.8 Å². The van der Waals surface area contributed by atoms with E-state index >= 15 is 0 Å². The Balaban J connectivity index is 2.98. The van der Waals surface area contributed by atoms with E-state index in [1.54, 1.807) is 6.26 Å². The summed E-state index contributed by atoms with van der Waals surface area (Å²) in [6, 6.07) is 0. The van der Waals surface area contributed by atoms with Gasteiger partial charge in [0.05, 0.1) is 18.8 Å². The number of ketones is 1. The Hall–Kier alpha value is -0.790. The van der Waals surface area contributed by atoms with Gasteiger partial charge in [0.1, 0.15) is 0 Å². The van der Waals surface area contributed by atoms with E-state index in [9.17, 15) is 4.79 Å². The van der Waals surface area contributed by atoms with Crippen LogP contribution in [0, 0.1) is 16.7 Å².